The topological polar surface area (TPSA) is 33.1 Å². The van der Waals surface area contributed by atoms with Gasteiger partial charge >= 0.3 is 0 Å². The molecule has 1 aromatic carbocycles. The number of para-hydroxylation sites is 1. The molecule has 0 aliphatic heterocycles. The SMILES string of the molecule is CC(C)Cc1cc(CC(C)Cc2ccccc2O)ccn1. The molecule has 0 aliphatic carbocycles. The van der Waals surface area contributed by atoms with Crippen molar-refractivity contribution in [1.29, 1.82) is 0 Å². The zero-order chi connectivity index (χ0) is 15.2. The van der Waals surface area contributed by atoms with Crippen LogP contribution in [0.15, 0.2) is 42.6 Å². The first-order chi connectivity index (χ1) is 10.0. The number of aromatic hydroxyl groups is 1. The van der Waals surface area contributed by atoms with Gasteiger partial charge in [0.25, 0.3) is 0 Å². The average molecular weight is 283 g/mol. The highest BCUT2D eigenvalue weighted by molar-refractivity contribution is 5.32. The minimum absolute atomic E-state index is 0.402. The van der Waals surface area contributed by atoms with Crippen LogP contribution in [-0.4, -0.2) is 10.1 Å². The molecule has 0 bridgehead atoms. The monoisotopic (exact) mass is 283 g/mol. The molecule has 0 saturated heterocycles. The largest absolute Gasteiger partial charge is 0.508 e. The number of rotatable bonds is 6. The lowest BCUT2D eigenvalue weighted by Crippen LogP contribution is -2.05. The maximum atomic E-state index is 9.86. The van der Waals surface area contributed by atoms with Gasteiger partial charge in [0.2, 0.25) is 0 Å². The Morgan fingerprint density at radius 3 is 2.48 bits per heavy atom. The lowest BCUT2D eigenvalue weighted by atomic mass is 9.93. The summed E-state index contributed by atoms with van der Waals surface area (Å²) in [5.41, 5.74) is 3.54. The molecule has 1 atom stereocenters. The molecule has 0 fully saturated rings. The molecule has 1 unspecified atom stereocenters. The minimum Gasteiger partial charge on any atom is -0.508 e. The second-order valence-electron chi connectivity index (χ2n) is 6.40. The van der Waals surface area contributed by atoms with Crippen LogP contribution in [-0.2, 0) is 19.3 Å². The van der Waals surface area contributed by atoms with Gasteiger partial charge in [0, 0.05) is 11.9 Å². The van der Waals surface area contributed by atoms with Crippen LogP contribution < -0.4 is 0 Å². The molecule has 0 spiro atoms. The Hall–Kier alpha value is -1.83. The van der Waals surface area contributed by atoms with Crippen molar-refractivity contribution in [2.45, 2.75) is 40.0 Å². The van der Waals surface area contributed by atoms with Crippen molar-refractivity contribution in [3.05, 3.63) is 59.4 Å². The average Bonchev–Trinajstić information content (AvgIpc) is 2.41. The Morgan fingerprint density at radius 1 is 1.00 bits per heavy atom. The van der Waals surface area contributed by atoms with Crippen LogP contribution in [0.4, 0.5) is 0 Å². The van der Waals surface area contributed by atoms with Gasteiger partial charge in [-0.3, -0.25) is 4.98 Å². The first-order valence-corrected chi connectivity index (χ1v) is 7.75. The Morgan fingerprint density at radius 2 is 1.76 bits per heavy atom. The highest BCUT2D eigenvalue weighted by atomic mass is 16.3. The number of hydrogen-bond donors (Lipinski definition) is 1. The highest BCUT2D eigenvalue weighted by Crippen LogP contribution is 2.21. The number of nitrogens with zero attached hydrogens (tertiary/aromatic N) is 1. The van der Waals surface area contributed by atoms with Gasteiger partial charge in [-0.1, -0.05) is 39.0 Å². The molecular formula is C19H25NO. The van der Waals surface area contributed by atoms with E-state index in [0.29, 0.717) is 17.6 Å². The van der Waals surface area contributed by atoms with Crippen LogP contribution in [0.5, 0.6) is 5.75 Å². The predicted molar refractivity (Wildman–Crippen MR) is 87.5 cm³/mol. The van der Waals surface area contributed by atoms with E-state index < -0.39 is 0 Å². The third-order valence-corrected chi connectivity index (χ3v) is 3.64. The molecule has 2 heteroatoms. The molecule has 1 aromatic heterocycles. The summed E-state index contributed by atoms with van der Waals surface area (Å²) in [6, 6.07) is 11.9. The second kappa shape index (κ2) is 7.26. The van der Waals surface area contributed by atoms with E-state index in [2.05, 4.69) is 37.9 Å². The van der Waals surface area contributed by atoms with Crippen molar-refractivity contribution in [1.82, 2.24) is 4.98 Å². The maximum absolute atomic E-state index is 9.86. The molecule has 21 heavy (non-hydrogen) atoms. The van der Waals surface area contributed by atoms with Crippen LogP contribution in [0.3, 0.4) is 0 Å². The van der Waals surface area contributed by atoms with Crippen LogP contribution in [0.25, 0.3) is 0 Å². The van der Waals surface area contributed by atoms with Gasteiger partial charge in [-0.15, -0.1) is 0 Å². The molecule has 0 aliphatic rings. The number of pyridine rings is 1. The van der Waals surface area contributed by atoms with E-state index in [4.69, 9.17) is 0 Å². The molecule has 2 nitrogen and oxygen atoms in total. The fourth-order valence-electron chi connectivity index (χ4n) is 2.72. The normalized spacial score (nSPS) is 12.6. The summed E-state index contributed by atoms with van der Waals surface area (Å²) in [7, 11) is 0. The van der Waals surface area contributed by atoms with E-state index in [0.717, 1.165) is 24.8 Å². The quantitative estimate of drug-likeness (QED) is 0.852. The van der Waals surface area contributed by atoms with Gasteiger partial charge in [0.05, 0.1) is 0 Å². The predicted octanol–water partition coefficient (Wildman–Crippen LogP) is 4.41. The van der Waals surface area contributed by atoms with E-state index >= 15 is 0 Å². The molecule has 1 N–H and O–H groups in total. The molecule has 2 rings (SSSR count). The number of phenolic OH excluding ortho intramolecular Hbond substituents is 1. The summed E-state index contributed by atoms with van der Waals surface area (Å²) in [4.78, 5) is 4.44. The number of benzene rings is 1. The van der Waals surface area contributed by atoms with Crippen molar-refractivity contribution in [3.63, 3.8) is 0 Å². The lowest BCUT2D eigenvalue weighted by molar-refractivity contribution is 0.459. The molecule has 0 amide bonds. The number of aromatic nitrogens is 1. The summed E-state index contributed by atoms with van der Waals surface area (Å²) in [6.45, 7) is 6.67. The Kier molecular flexibility index (Phi) is 5.38. The highest BCUT2D eigenvalue weighted by Gasteiger charge is 2.09. The Labute approximate surface area is 127 Å². The van der Waals surface area contributed by atoms with Crippen LogP contribution >= 0.6 is 0 Å². The zero-order valence-electron chi connectivity index (χ0n) is 13.2. The Balaban J connectivity index is 1.99. The standard InChI is InChI=1S/C19H25NO/c1-14(2)10-18-13-16(8-9-20-18)11-15(3)12-17-6-4-5-7-19(17)21/h4-9,13-15,21H,10-12H2,1-3H3. The van der Waals surface area contributed by atoms with Crippen molar-refractivity contribution in [2.75, 3.05) is 0 Å². The third kappa shape index (κ3) is 4.89. The Bertz CT molecular complexity index is 577. The summed E-state index contributed by atoms with van der Waals surface area (Å²) < 4.78 is 0. The van der Waals surface area contributed by atoms with Crippen LogP contribution in [0.2, 0.25) is 0 Å². The molecule has 0 saturated carbocycles. The summed E-state index contributed by atoms with van der Waals surface area (Å²) in [5, 5.41) is 9.86. The summed E-state index contributed by atoms with van der Waals surface area (Å²) >= 11 is 0. The molecule has 112 valence electrons. The smallest absolute Gasteiger partial charge is 0.118 e. The molecule has 0 radical (unpaired) electrons. The van der Waals surface area contributed by atoms with Crippen molar-refractivity contribution >= 4 is 0 Å². The van der Waals surface area contributed by atoms with Gasteiger partial charge in [-0.2, -0.15) is 0 Å². The van der Waals surface area contributed by atoms with E-state index in [1.165, 1.54) is 11.3 Å². The van der Waals surface area contributed by atoms with Gasteiger partial charge in [-0.05, 0) is 60.4 Å². The van der Waals surface area contributed by atoms with Crippen molar-refractivity contribution < 1.29 is 5.11 Å². The van der Waals surface area contributed by atoms with Crippen LogP contribution in [0.1, 0.15) is 37.6 Å². The van der Waals surface area contributed by atoms with E-state index in [1.807, 2.05) is 24.4 Å². The number of hydrogen-bond acceptors (Lipinski definition) is 2. The van der Waals surface area contributed by atoms with Gasteiger partial charge in [0.15, 0.2) is 0 Å². The fourth-order valence-corrected chi connectivity index (χ4v) is 2.72. The van der Waals surface area contributed by atoms with Crippen LogP contribution in [0, 0.1) is 11.8 Å². The lowest BCUT2D eigenvalue weighted by Gasteiger charge is -2.13. The molecule has 2 aromatic rings. The van der Waals surface area contributed by atoms with E-state index in [9.17, 15) is 5.11 Å². The van der Waals surface area contributed by atoms with Crippen molar-refractivity contribution in [3.8, 4) is 5.75 Å². The summed E-state index contributed by atoms with van der Waals surface area (Å²) in [5.74, 6) is 1.53. The van der Waals surface area contributed by atoms with E-state index in [-0.39, 0.29) is 0 Å². The van der Waals surface area contributed by atoms with Gasteiger partial charge in [-0.25, -0.2) is 0 Å². The van der Waals surface area contributed by atoms with E-state index in [1.54, 1.807) is 6.07 Å². The zero-order valence-corrected chi connectivity index (χ0v) is 13.2. The molecular weight excluding hydrogens is 258 g/mol. The second-order valence-corrected chi connectivity index (χ2v) is 6.40. The summed E-state index contributed by atoms with van der Waals surface area (Å²) in [6.07, 6.45) is 4.86. The molecule has 1 heterocycles. The first-order valence-electron chi connectivity index (χ1n) is 7.75. The van der Waals surface area contributed by atoms with Crippen molar-refractivity contribution in [2.24, 2.45) is 11.8 Å². The fraction of sp³-hybridized carbons (Fsp3) is 0.421. The van der Waals surface area contributed by atoms with Gasteiger partial charge in [0.1, 0.15) is 5.75 Å². The first kappa shape index (κ1) is 15.6. The maximum Gasteiger partial charge on any atom is 0.118 e. The number of phenols is 1. The third-order valence-electron chi connectivity index (χ3n) is 3.64. The van der Waals surface area contributed by atoms with Gasteiger partial charge < -0.3 is 5.11 Å². The minimum atomic E-state index is 0.402.